The lowest BCUT2D eigenvalue weighted by atomic mass is 10.1. The van der Waals surface area contributed by atoms with Gasteiger partial charge in [-0.3, -0.25) is 0 Å². The zero-order chi connectivity index (χ0) is 21.9. The number of anilines is 1. The lowest BCUT2D eigenvalue weighted by molar-refractivity contribution is -0.914. The van der Waals surface area contributed by atoms with E-state index in [4.69, 9.17) is 10.1 Å². The van der Waals surface area contributed by atoms with Crippen LogP contribution in [0.2, 0.25) is 0 Å². The molecule has 0 radical (unpaired) electrons. The maximum Gasteiger partial charge on any atom is 0.165 e. The number of nitrogens with zero attached hydrogens (tertiary/aromatic N) is 4. The van der Waals surface area contributed by atoms with Crippen LogP contribution in [0.4, 0.5) is 5.82 Å². The number of aromatic nitrogens is 3. The SMILES string of the molecule is CCCc1cc(N2CC[NH+](Cc3ccccc3)CC2)n2nc(C)c(-c3ccccc3)c2n1. The van der Waals surface area contributed by atoms with Gasteiger partial charge in [-0.2, -0.15) is 9.61 Å². The second-order valence-electron chi connectivity index (χ2n) is 8.82. The molecule has 1 N–H and O–H groups in total. The van der Waals surface area contributed by atoms with Gasteiger partial charge in [0.2, 0.25) is 0 Å². The fraction of sp³-hybridized carbons (Fsp3) is 0.333. The predicted molar refractivity (Wildman–Crippen MR) is 130 cm³/mol. The van der Waals surface area contributed by atoms with E-state index >= 15 is 0 Å². The Hall–Kier alpha value is -3.18. The molecule has 0 spiro atoms. The van der Waals surface area contributed by atoms with Crippen LogP contribution in [0, 0.1) is 6.92 Å². The van der Waals surface area contributed by atoms with Crippen molar-refractivity contribution in [2.75, 3.05) is 31.1 Å². The van der Waals surface area contributed by atoms with Crippen LogP contribution < -0.4 is 9.80 Å². The zero-order valence-corrected chi connectivity index (χ0v) is 19.1. The van der Waals surface area contributed by atoms with Crippen molar-refractivity contribution in [1.29, 1.82) is 0 Å². The quantitative estimate of drug-likeness (QED) is 0.512. The Kier molecular flexibility index (Phi) is 5.91. The molecule has 0 saturated carbocycles. The topological polar surface area (TPSA) is 37.9 Å². The van der Waals surface area contributed by atoms with Gasteiger partial charge >= 0.3 is 0 Å². The molecule has 0 amide bonds. The summed E-state index contributed by atoms with van der Waals surface area (Å²) in [5, 5.41) is 4.96. The Morgan fingerprint density at radius 2 is 1.62 bits per heavy atom. The van der Waals surface area contributed by atoms with E-state index in [0.717, 1.165) is 68.2 Å². The summed E-state index contributed by atoms with van der Waals surface area (Å²) >= 11 is 0. The standard InChI is InChI=1S/C27H31N5/c1-3-10-24-19-25(31-17-15-30(16-18-31)20-22-11-6-4-7-12-22)32-27(28-24)26(21(2)29-32)23-13-8-5-9-14-23/h4-9,11-14,19H,3,10,15-18,20H2,1-2H3/p+1. The van der Waals surface area contributed by atoms with Crippen molar-refractivity contribution in [3.8, 4) is 11.1 Å². The second-order valence-corrected chi connectivity index (χ2v) is 8.82. The van der Waals surface area contributed by atoms with Gasteiger partial charge in [0.05, 0.1) is 31.9 Å². The number of rotatable bonds is 6. The van der Waals surface area contributed by atoms with Crippen LogP contribution in [0.3, 0.4) is 0 Å². The van der Waals surface area contributed by atoms with Crippen molar-refractivity contribution in [1.82, 2.24) is 14.6 Å². The Bertz CT molecular complexity index is 1180. The molecule has 164 valence electrons. The molecular weight excluding hydrogens is 394 g/mol. The average Bonchev–Trinajstić information content (AvgIpc) is 3.16. The molecule has 1 fully saturated rings. The van der Waals surface area contributed by atoms with E-state index in [9.17, 15) is 0 Å². The second kappa shape index (κ2) is 9.13. The molecule has 0 aliphatic carbocycles. The van der Waals surface area contributed by atoms with Gasteiger partial charge in [0.1, 0.15) is 12.4 Å². The lowest BCUT2D eigenvalue weighted by Crippen LogP contribution is -3.13. The van der Waals surface area contributed by atoms with E-state index < -0.39 is 0 Å². The Balaban J connectivity index is 1.46. The van der Waals surface area contributed by atoms with Crippen molar-refractivity contribution in [3.63, 3.8) is 0 Å². The minimum atomic E-state index is 0.980. The molecule has 5 rings (SSSR count). The van der Waals surface area contributed by atoms with E-state index in [1.807, 2.05) is 0 Å². The van der Waals surface area contributed by atoms with Crippen LogP contribution in [0.25, 0.3) is 16.8 Å². The fourth-order valence-electron chi connectivity index (χ4n) is 4.82. The van der Waals surface area contributed by atoms with Gasteiger partial charge in [0, 0.05) is 22.9 Å². The first-order chi connectivity index (χ1) is 15.7. The van der Waals surface area contributed by atoms with Crippen molar-refractivity contribution in [2.45, 2.75) is 33.2 Å². The van der Waals surface area contributed by atoms with E-state index in [1.54, 1.807) is 4.90 Å². The summed E-state index contributed by atoms with van der Waals surface area (Å²) in [5.74, 6) is 1.18. The molecule has 1 aliphatic heterocycles. The van der Waals surface area contributed by atoms with Gasteiger partial charge in [-0.15, -0.1) is 0 Å². The molecule has 0 atom stereocenters. The van der Waals surface area contributed by atoms with Crippen LogP contribution >= 0.6 is 0 Å². The van der Waals surface area contributed by atoms with Crippen LogP contribution in [-0.2, 0) is 13.0 Å². The number of aryl methyl sites for hydroxylation is 2. The number of hydrogen-bond acceptors (Lipinski definition) is 3. The number of benzene rings is 2. The number of quaternary nitrogens is 1. The number of fused-ring (bicyclic) bond motifs is 1. The van der Waals surface area contributed by atoms with Gasteiger partial charge in [-0.05, 0) is 18.9 Å². The Morgan fingerprint density at radius 1 is 0.938 bits per heavy atom. The molecule has 1 aliphatic rings. The van der Waals surface area contributed by atoms with Gasteiger partial charge < -0.3 is 9.80 Å². The first kappa shape index (κ1) is 20.7. The van der Waals surface area contributed by atoms with E-state index in [2.05, 4.69) is 90.0 Å². The molecule has 5 nitrogen and oxygen atoms in total. The van der Waals surface area contributed by atoms with Crippen molar-refractivity contribution >= 4 is 11.5 Å². The van der Waals surface area contributed by atoms with Crippen LogP contribution in [0.1, 0.15) is 30.3 Å². The molecule has 2 aromatic carbocycles. The van der Waals surface area contributed by atoms with E-state index in [0.29, 0.717) is 0 Å². The average molecular weight is 427 g/mol. The molecule has 0 unspecified atom stereocenters. The Labute approximate surface area is 190 Å². The van der Waals surface area contributed by atoms with E-state index in [1.165, 1.54) is 16.9 Å². The molecular formula is C27H32N5+. The summed E-state index contributed by atoms with van der Waals surface area (Å²) in [7, 11) is 0. The maximum absolute atomic E-state index is 5.06. The van der Waals surface area contributed by atoms with Gasteiger partial charge in [0.25, 0.3) is 0 Å². The molecule has 4 aromatic rings. The predicted octanol–water partition coefficient (Wildman–Crippen LogP) is 3.56. The Morgan fingerprint density at radius 3 is 2.31 bits per heavy atom. The monoisotopic (exact) mass is 426 g/mol. The zero-order valence-electron chi connectivity index (χ0n) is 19.1. The number of nitrogens with one attached hydrogen (secondary N) is 1. The van der Waals surface area contributed by atoms with Gasteiger partial charge in [-0.25, -0.2) is 4.98 Å². The van der Waals surface area contributed by atoms with Crippen molar-refractivity contribution in [2.24, 2.45) is 0 Å². The first-order valence-electron chi connectivity index (χ1n) is 11.8. The highest BCUT2D eigenvalue weighted by atomic mass is 15.4. The molecule has 32 heavy (non-hydrogen) atoms. The van der Waals surface area contributed by atoms with Crippen molar-refractivity contribution < 1.29 is 4.90 Å². The van der Waals surface area contributed by atoms with Crippen LogP contribution in [0.5, 0.6) is 0 Å². The summed E-state index contributed by atoms with van der Waals surface area (Å²) in [6, 6.07) is 23.6. The normalized spacial score (nSPS) is 14.9. The summed E-state index contributed by atoms with van der Waals surface area (Å²) in [5.41, 5.74) is 6.93. The molecule has 2 aromatic heterocycles. The van der Waals surface area contributed by atoms with Gasteiger partial charge in [-0.1, -0.05) is 74.0 Å². The molecule has 3 heterocycles. The minimum Gasteiger partial charge on any atom is -0.345 e. The molecule has 0 bridgehead atoms. The first-order valence-corrected chi connectivity index (χ1v) is 11.8. The van der Waals surface area contributed by atoms with Crippen LogP contribution in [-0.4, -0.2) is 40.8 Å². The highest BCUT2D eigenvalue weighted by Crippen LogP contribution is 2.30. The smallest absolute Gasteiger partial charge is 0.165 e. The van der Waals surface area contributed by atoms with Gasteiger partial charge in [0.15, 0.2) is 5.65 Å². The fourth-order valence-corrected chi connectivity index (χ4v) is 4.82. The number of piperazine rings is 1. The van der Waals surface area contributed by atoms with Crippen LogP contribution in [0.15, 0.2) is 66.7 Å². The highest BCUT2D eigenvalue weighted by Gasteiger charge is 2.24. The lowest BCUT2D eigenvalue weighted by Gasteiger charge is -2.33. The molecule has 1 saturated heterocycles. The third-order valence-electron chi connectivity index (χ3n) is 6.46. The van der Waals surface area contributed by atoms with E-state index in [-0.39, 0.29) is 0 Å². The summed E-state index contributed by atoms with van der Waals surface area (Å²) in [6.45, 7) is 9.75. The van der Waals surface area contributed by atoms with Crippen molar-refractivity contribution in [3.05, 3.63) is 83.7 Å². The minimum absolute atomic E-state index is 0.980. The third-order valence-corrected chi connectivity index (χ3v) is 6.46. The third kappa shape index (κ3) is 4.13. The highest BCUT2D eigenvalue weighted by molar-refractivity contribution is 5.81. The summed E-state index contributed by atoms with van der Waals surface area (Å²) < 4.78 is 2.08. The summed E-state index contributed by atoms with van der Waals surface area (Å²) in [6.07, 6.45) is 2.08. The maximum atomic E-state index is 5.06. The molecule has 5 heteroatoms. The largest absolute Gasteiger partial charge is 0.345 e. The number of hydrogen-bond donors (Lipinski definition) is 1. The summed E-state index contributed by atoms with van der Waals surface area (Å²) in [4.78, 5) is 9.21.